The Morgan fingerprint density at radius 3 is 2.22 bits per heavy atom. The normalized spacial score (nSPS) is 14.2. The van der Waals surface area contributed by atoms with Gasteiger partial charge in [0.1, 0.15) is 0 Å². The van der Waals surface area contributed by atoms with E-state index in [1.807, 2.05) is 0 Å². The number of hydrogen-bond acceptors (Lipinski definition) is 0. The van der Waals surface area contributed by atoms with Crippen molar-refractivity contribution in [3.8, 4) is 0 Å². The van der Waals surface area contributed by atoms with Crippen molar-refractivity contribution < 1.29 is 0 Å². The molecule has 3 rings (SSSR count). The second kappa shape index (κ2) is 8.36. The van der Waals surface area contributed by atoms with E-state index in [9.17, 15) is 0 Å². The van der Waals surface area contributed by atoms with Gasteiger partial charge in [0.05, 0.1) is 0 Å². The van der Waals surface area contributed by atoms with Crippen molar-refractivity contribution in [3.63, 3.8) is 0 Å². The first kappa shape index (κ1) is 15.6. The van der Waals surface area contributed by atoms with Gasteiger partial charge >= 0.3 is 0 Å². The summed E-state index contributed by atoms with van der Waals surface area (Å²) in [5, 5.41) is 0. The third-order valence-electron chi connectivity index (χ3n) is 4.35. The summed E-state index contributed by atoms with van der Waals surface area (Å²) in [4.78, 5) is 0. The summed E-state index contributed by atoms with van der Waals surface area (Å²) in [6.07, 6.45) is 11.7. The SMILES string of the molecule is C(=C(/C=C/c1ccccc1)CCc1ccccc1)=C1CCCC1. The molecule has 0 heteroatoms. The molecule has 0 radical (unpaired) electrons. The molecule has 0 aliphatic heterocycles. The van der Waals surface area contributed by atoms with Crippen LogP contribution in [-0.4, -0.2) is 0 Å². The van der Waals surface area contributed by atoms with Crippen molar-refractivity contribution in [1.29, 1.82) is 0 Å². The molecule has 0 saturated heterocycles. The number of aryl methyl sites for hydroxylation is 1. The molecule has 1 aliphatic rings. The highest BCUT2D eigenvalue weighted by atomic mass is 14.1. The van der Waals surface area contributed by atoms with Crippen LogP contribution >= 0.6 is 0 Å². The summed E-state index contributed by atoms with van der Waals surface area (Å²) >= 11 is 0. The molecule has 0 bridgehead atoms. The van der Waals surface area contributed by atoms with Gasteiger partial charge in [-0.3, -0.25) is 0 Å². The topological polar surface area (TPSA) is 0 Å². The Hall–Kier alpha value is -2.30. The highest BCUT2D eigenvalue weighted by molar-refractivity contribution is 5.52. The van der Waals surface area contributed by atoms with Crippen LogP contribution in [0, 0.1) is 0 Å². The molecule has 23 heavy (non-hydrogen) atoms. The summed E-state index contributed by atoms with van der Waals surface area (Å²) in [5.74, 6) is 0. The number of benzene rings is 2. The molecule has 0 nitrogen and oxygen atoms in total. The Kier molecular flexibility index (Phi) is 5.67. The lowest BCUT2D eigenvalue weighted by Crippen LogP contribution is -1.87. The molecule has 0 N–H and O–H groups in total. The number of rotatable bonds is 5. The predicted molar refractivity (Wildman–Crippen MR) is 99.2 cm³/mol. The zero-order valence-corrected chi connectivity index (χ0v) is 13.7. The lowest BCUT2D eigenvalue weighted by molar-refractivity contribution is 0.886. The monoisotopic (exact) mass is 300 g/mol. The summed E-state index contributed by atoms with van der Waals surface area (Å²) < 4.78 is 0. The van der Waals surface area contributed by atoms with Crippen LogP contribution < -0.4 is 0 Å². The fourth-order valence-electron chi connectivity index (χ4n) is 3.03. The van der Waals surface area contributed by atoms with Gasteiger partial charge in [0, 0.05) is 0 Å². The minimum atomic E-state index is 1.05. The molecule has 1 fully saturated rings. The van der Waals surface area contributed by atoms with Crippen LogP contribution in [0.2, 0.25) is 0 Å². The summed E-state index contributed by atoms with van der Waals surface area (Å²) in [7, 11) is 0. The first-order valence-corrected chi connectivity index (χ1v) is 8.65. The first-order chi connectivity index (χ1) is 11.4. The largest absolute Gasteiger partial charge is 0.118 e. The van der Waals surface area contributed by atoms with E-state index >= 15 is 0 Å². The van der Waals surface area contributed by atoms with Crippen LogP contribution in [0.25, 0.3) is 6.08 Å². The number of hydrogen-bond donors (Lipinski definition) is 0. The Bertz CT molecular complexity index is 690. The molecule has 0 amide bonds. The van der Waals surface area contributed by atoms with Gasteiger partial charge in [0.15, 0.2) is 0 Å². The maximum Gasteiger partial charge on any atom is -0.00573 e. The van der Waals surface area contributed by atoms with E-state index in [1.165, 1.54) is 48.0 Å². The van der Waals surface area contributed by atoms with Gasteiger partial charge in [-0.05, 0) is 60.8 Å². The van der Waals surface area contributed by atoms with Gasteiger partial charge in [-0.15, -0.1) is 5.73 Å². The van der Waals surface area contributed by atoms with E-state index in [0.29, 0.717) is 0 Å². The molecule has 116 valence electrons. The standard InChI is InChI=1S/C23H24/c1-3-9-20(10-4-1)15-17-23(19-22-13-7-8-14-22)18-16-21-11-5-2-6-12-21/h1-6,9-12,15,17H,7-8,13-14,16,18H2/b17-15+. The average molecular weight is 300 g/mol. The quantitative estimate of drug-likeness (QED) is 0.445. The Morgan fingerprint density at radius 2 is 1.52 bits per heavy atom. The fraction of sp³-hybridized carbons (Fsp3) is 0.261. The fourth-order valence-corrected chi connectivity index (χ4v) is 3.03. The van der Waals surface area contributed by atoms with Crippen LogP contribution in [0.3, 0.4) is 0 Å². The van der Waals surface area contributed by atoms with Crippen LogP contribution in [0.15, 0.2) is 83.6 Å². The molecular formula is C23H24. The zero-order valence-electron chi connectivity index (χ0n) is 13.7. The molecule has 2 aromatic carbocycles. The molecule has 0 unspecified atom stereocenters. The smallest absolute Gasteiger partial charge is 0.00573 e. The Labute approximate surface area is 139 Å². The van der Waals surface area contributed by atoms with Crippen LogP contribution in [-0.2, 0) is 6.42 Å². The van der Waals surface area contributed by atoms with Crippen molar-refractivity contribution in [3.05, 3.63) is 94.7 Å². The van der Waals surface area contributed by atoms with Crippen LogP contribution in [0.1, 0.15) is 43.2 Å². The van der Waals surface area contributed by atoms with Gasteiger partial charge in [-0.2, -0.15) is 0 Å². The molecular weight excluding hydrogens is 276 g/mol. The summed E-state index contributed by atoms with van der Waals surface area (Å²) in [5.41, 5.74) is 9.19. The van der Waals surface area contributed by atoms with Gasteiger partial charge in [-0.25, -0.2) is 0 Å². The summed E-state index contributed by atoms with van der Waals surface area (Å²) in [6, 6.07) is 21.3. The number of allylic oxidation sites excluding steroid dienone is 2. The van der Waals surface area contributed by atoms with Crippen LogP contribution in [0.5, 0.6) is 0 Å². The minimum Gasteiger partial charge on any atom is -0.118 e. The van der Waals surface area contributed by atoms with Crippen molar-refractivity contribution in [2.75, 3.05) is 0 Å². The highest BCUT2D eigenvalue weighted by Gasteiger charge is 2.06. The van der Waals surface area contributed by atoms with Gasteiger partial charge in [0.25, 0.3) is 0 Å². The third kappa shape index (κ3) is 5.13. The van der Waals surface area contributed by atoms with Crippen molar-refractivity contribution >= 4 is 6.08 Å². The lowest BCUT2D eigenvalue weighted by atomic mass is 10.0. The molecule has 0 heterocycles. The van der Waals surface area contributed by atoms with Crippen molar-refractivity contribution in [2.24, 2.45) is 0 Å². The van der Waals surface area contributed by atoms with E-state index in [1.54, 1.807) is 0 Å². The predicted octanol–water partition coefficient (Wildman–Crippen LogP) is 6.36. The molecule has 1 saturated carbocycles. The van der Waals surface area contributed by atoms with E-state index in [-0.39, 0.29) is 0 Å². The molecule has 1 aliphatic carbocycles. The third-order valence-corrected chi connectivity index (χ3v) is 4.35. The Morgan fingerprint density at radius 1 is 0.870 bits per heavy atom. The first-order valence-electron chi connectivity index (χ1n) is 8.65. The van der Waals surface area contributed by atoms with E-state index in [2.05, 4.69) is 78.5 Å². The summed E-state index contributed by atoms with van der Waals surface area (Å²) in [6.45, 7) is 0. The lowest BCUT2D eigenvalue weighted by Gasteiger charge is -2.02. The van der Waals surface area contributed by atoms with Crippen molar-refractivity contribution in [1.82, 2.24) is 0 Å². The highest BCUT2D eigenvalue weighted by Crippen LogP contribution is 2.24. The molecule has 0 spiro atoms. The molecule has 2 aromatic rings. The van der Waals surface area contributed by atoms with Gasteiger partial charge < -0.3 is 0 Å². The van der Waals surface area contributed by atoms with E-state index in [0.717, 1.165) is 12.8 Å². The Balaban J connectivity index is 1.77. The second-order valence-electron chi connectivity index (χ2n) is 6.19. The van der Waals surface area contributed by atoms with E-state index < -0.39 is 0 Å². The zero-order chi connectivity index (χ0) is 15.7. The second-order valence-corrected chi connectivity index (χ2v) is 6.19. The van der Waals surface area contributed by atoms with E-state index in [4.69, 9.17) is 0 Å². The van der Waals surface area contributed by atoms with Gasteiger partial charge in [0.2, 0.25) is 0 Å². The maximum atomic E-state index is 3.70. The van der Waals surface area contributed by atoms with Crippen molar-refractivity contribution in [2.45, 2.75) is 38.5 Å². The molecule has 0 aromatic heterocycles. The van der Waals surface area contributed by atoms with Gasteiger partial charge in [-0.1, -0.05) is 72.8 Å². The molecule has 0 atom stereocenters. The maximum absolute atomic E-state index is 3.70. The minimum absolute atomic E-state index is 1.05. The average Bonchev–Trinajstić information content (AvgIpc) is 3.12. The van der Waals surface area contributed by atoms with Crippen LogP contribution in [0.4, 0.5) is 0 Å².